The van der Waals surface area contributed by atoms with Crippen LogP contribution in [0.5, 0.6) is 5.75 Å². The van der Waals surface area contributed by atoms with Crippen molar-refractivity contribution in [3.63, 3.8) is 0 Å². The minimum absolute atomic E-state index is 0.0389. The van der Waals surface area contributed by atoms with Crippen molar-refractivity contribution in [2.75, 3.05) is 12.4 Å². The lowest BCUT2D eigenvalue weighted by Crippen LogP contribution is -2.13. The highest BCUT2D eigenvalue weighted by Gasteiger charge is 2.19. The van der Waals surface area contributed by atoms with Crippen LogP contribution >= 0.6 is 23.2 Å². The molecule has 0 atom stereocenters. The summed E-state index contributed by atoms with van der Waals surface area (Å²) < 4.78 is 18.3. The van der Waals surface area contributed by atoms with E-state index in [9.17, 15) is 19.3 Å². The molecule has 0 aliphatic heterocycles. The molecule has 0 fully saturated rings. The third-order valence-corrected chi connectivity index (χ3v) is 3.36. The molecule has 0 aliphatic carbocycles. The minimum atomic E-state index is -1.00. The van der Waals surface area contributed by atoms with Gasteiger partial charge in [-0.05, 0) is 24.3 Å². The van der Waals surface area contributed by atoms with Crippen molar-refractivity contribution >= 4 is 40.5 Å². The summed E-state index contributed by atoms with van der Waals surface area (Å²) >= 11 is 11.8. The van der Waals surface area contributed by atoms with Crippen LogP contribution in [0.1, 0.15) is 10.4 Å². The fourth-order valence-electron chi connectivity index (χ4n) is 1.87. The molecule has 1 amide bonds. The molecule has 0 spiro atoms. The number of amides is 1. The van der Waals surface area contributed by atoms with Crippen LogP contribution in [-0.2, 0) is 0 Å². The zero-order valence-electron chi connectivity index (χ0n) is 11.6. The molecule has 1 N–H and O–H groups in total. The summed E-state index contributed by atoms with van der Waals surface area (Å²) in [5.74, 6) is -1.56. The number of anilines is 1. The van der Waals surface area contributed by atoms with Crippen LogP contribution in [0.15, 0.2) is 30.3 Å². The number of hydrogen-bond acceptors (Lipinski definition) is 4. The van der Waals surface area contributed by atoms with E-state index in [0.717, 1.165) is 12.1 Å². The lowest BCUT2D eigenvalue weighted by Gasteiger charge is -2.11. The van der Waals surface area contributed by atoms with E-state index in [1.165, 1.54) is 25.3 Å². The number of halogens is 3. The van der Waals surface area contributed by atoms with Gasteiger partial charge in [-0.2, -0.15) is 4.39 Å². The average Bonchev–Trinajstić information content (AvgIpc) is 2.48. The maximum Gasteiger partial charge on any atom is 0.306 e. The van der Waals surface area contributed by atoms with E-state index in [1.54, 1.807) is 0 Å². The van der Waals surface area contributed by atoms with Crippen molar-refractivity contribution in [2.24, 2.45) is 0 Å². The zero-order valence-corrected chi connectivity index (χ0v) is 13.1. The van der Waals surface area contributed by atoms with Crippen LogP contribution in [-0.4, -0.2) is 17.9 Å². The van der Waals surface area contributed by atoms with Gasteiger partial charge in [0, 0.05) is 16.8 Å². The number of rotatable bonds is 4. The van der Waals surface area contributed by atoms with Gasteiger partial charge in [0.15, 0.2) is 0 Å². The Hall–Kier alpha value is -2.38. The van der Waals surface area contributed by atoms with Crippen LogP contribution in [0.4, 0.5) is 15.8 Å². The number of carbonyl (C=O) groups excluding carboxylic acids is 1. The summed E-state index contributed by atoms with van der Waals surface area (Å²) in [6, 6.07) is 5.72. The van der Waals surface area contributed by atoms with E-state index in [-0.39, 0.29) is 27.0 Å². The van der Waals surface area contributed by atoms with E-state index in [1.807, 2.05) is 0 Å². The minimum Gasteiger partial charge on any atom is -0.494 e. The largest absolute Gasteiger partial charge is 0.494 e. The average molecular weight is 359 g/mol. The highest BCUT2D eigenvalue weighted by molar-refractivity contribution is 6.36. The van der Waals surface area contributed by atoms with Crippen molar-refractivity contribution < 1.29 is 18.8 Å². The molecule has 0 saturated carbocycles. The fraction of sp³-hybridized carbons (Fsp3) is 0.0714. The predicted octanol–water partition coefficient (Wildman–Crippen LogP) is 4.30. The molecule has 0 aliphatic rings. The second-order valence-corrected chi connectivity index (χ2v) is 5.19. The van der Waals surface area contributed by atoms with Crippen molar-refractivity contribution in [1.29, 1.82) is 0 Å². The molecular formula is C14H9Cl2FN2O4. The van der Waals surface area contributed by atoms with Gasteiger partial charge in [-0.1, -0.05) is 23.2 Å². The van der Waals surface area contributed by atoms with Crippen LogP contribution < -0.4 is 10.1 Å². The Kier molecular flexibility index (Phi) is 5.02. The number of methoxy groups -OCH3 is 1. The SMILES string of the molecule is COc1c(Cl)cc(Cl)cc1C(=O)Nc1ccc(F)c([N+](=O)[O-])c1. The second kappa shape index (κ2) is 6.80. The summed E-state index contributed by atoms with van der Waals surface area (Å²) in [7, 11) is 1.33. The first-order chi connectivity index (χ1) is 10.8. The highest BCUT2D eigenvalue weighted by Crippen LogP contribution is 2.33. The van der Waals surface area contributed by atoms with Crippen molar-refractivity contribution in [3.05, 3.63) is 61.9 Å². The first kappa shape index (κ1) is 17.0. The van der Waals surface area contributed by atoms with Gasteiger partial charge in [-0.15, -0.1) is 0 Å². The summed E-state index contributed by atoms with van der Waals surface area (Å²) in [6.45, 7) is 0. The predicted molar refractivity (Wildman–Crippen MR) is 84.0 cm³/mol. The van der Waals surface area contributed by atoms with Crippen molar-refractivity contribution in [3.8, 4) is 5.75 Å². The van der Waals surface area contributed by atoms with Crippen LogP contribution in [0.25, 0.3) is 0 Å². The topological polar surface area (TPSA) is 81.5 Å². The summed E-state index contributed by atoms with van der Waals surface area (Å²) in [6.07, 6.45) is 0. The smallest absolute Gasteiger partial charge is 0.306 e. The molecule has 2 aromatic carbocycles. The quantitative estimate of drug-likeness (QED) is 0.652. The molecule has 23 heavy (non-hydrogen) atoms. The summed E-state index contributed by atoms with van der Waals surface area (Å²) in [5, 5.41) is 13.5. The zero-order chi connectivity index (χ0) is 17.1. The van der Waals surface area contributed by atoms with E-state index in [0.29, 0.717) is 0 Å². The molecule has 2 rings (SSSR count). The van der Waals surface area contributed by atoms with Gasteiger partial charge >= 0.3 is 5.69 Å². The number of benzene rings is 2. The maximum absolute atomic E-state index is 13.3. The van der Waals surface area contributed by atoms with Gasteiger partial charge in [-0.3, -0.25) is 14.9 Å². The Morgan fingerprint density at radius 3 is 2.61 bits per heavy atom. The molecule has 0 heterocycles. The van der Waals surface area contributed by atoms with Crippen LogP contribution in [0, 0.1) is 15.9 Å². The van der Waals surface area contributed by atoms with E-state index in [2.05, 4.69) is 5.32 Å². The van der Waals surface area contributed by atoms with E-state index in [4.69, 9.17) is 27.9 Å². The summed E-state index contributed by atoms with van der Waals surface area (Å²) in [4.78, 5) is 22.1. The fourth-order valence-corrected chi connectivity index (χ4v) is 2.44. The standard InChI is InChI=1S/C14H9Cl2FN2O4/c1-23-13-9(4-7(15)5-10(13)16)14(20)18-8-2-3-11(17)12(6-8)19(21)22/h2-6H,1H3,(H,18,20). The van der Waals surface area contributed by atoms with Crippen LogP contribution in [0.3, 0.4) is 0 Å². The molecule has 2 aromatic rings. The number of nitrogens with one attached hydrogen (secondary N) is 1. The van der Waals surface area contributed by atoms with Gasteiger partial charge in [0.05, 0.1) is 22.6 Å². The number of ether oxygens (including phenoxy) is 1. The number of hydrogen-bond donors (Lipinski definition) is 1. The first-order valence-electron chi connectivity index (χ1n) is 6.11. The summed E-state index contributed by atoms with van der Waals surface area (Å²) in [5.41, 5.74) is -0.669. The Morgan fingerprint density at radius 2 is 2.00 bits per heavy atom. The molecule has 0 bridgehead atoms. The highest BCUT2D eigenvalue weighted by atomic mass is 35.5. The number of nitro groups is 1. The lowest BCUT2D eigenvalue weighted by atomic mass is 10.1. The van der Waals surface area contributed by atoms with Gasteiger partial charge in [0.1, 0.15) is 5.75 Å². The second-order valence-electron chi connectivity index (χ2n) is 4.35. The Bertz CT molecular complexity index is 799. The van der Waals surface area contributed by atoms with Gasteiger partial charge < -0.3 is 10.1 Å². The van der Waals surface area contributed by atoms with Crippen LogP contribution in [0.2, 0.25) is 10.0 Å². The first-order valence-corrected chi connectivity index (χ1v) is 6.87. The molecule has 0 saturated heterocycles. The van der Waals surface area contributed by atoms with E-state index >= 15 is 0 Å². The van der Waals surface area contributed by atoms with Crippen molar-refractivity contribution in [2.45, 2.75) is 0 Å². The van der Waals surface area contributed by atoms with Gasteiger partial charge in [-0.25, -0.2) is 0 Å². The third-order valence-electron chi connectivity index (χ3n) is 2.86. The third kappa shape index (κ3) is 3.69. The number of carbonyl (C=O) groups is 1. The van der Waals surface area contributed by atoms with Crippen molar-refractivity contribution in [1.82, 2.24) is 0 Å². The van der Waals surface area contributed by atoms with Gasteiger partial charge in [0.2, 0.25) is 5.82 Å². The molecule has 6 nitrogen and oxygen atoms in total. The lowest BCUT2D eigenvalue weighted by molar-refractivity contribution is -0.387. The molecule has 120 valence electrons. The molecular weight excluding hydrogens is 350 g/mol. The number of nitro benzene ring substituents is 1. The van der Waals surface area contributed by atoms with E-state index < -0.39 is 22.3 Å². The molecule has 0 aromatic heterocycles. The van der Waals surface area contributed by atoms with Gasteiger partial charge in [0.25, 0.3) is 5.91 Å². The molecule has 0 unspecified atom stereocenters. The Morgan fingerprint density at radius 1 is 1.30 bits per heavy atom. The normalized spacial score (nSPS) is 10.3. The number of nitrogens with zero attached hydrogens (tertiary/aromatic N) is 1. The maximum atomic E-state index is 13.3. The Balaban J connectivity index is 2.37. The Labute approximate surface area is 139 Å². The molecule has 9 heteroatoms. The monoisotopic (exact) mass is 358 g/mol. The molecule has 0 radical (unpaired) electrons.